The highest BCUT2D eigenvalue weighted by Gasteiger charge is 2.02. The van der Waals surface area contributed by atoms with Crippen molar-refractivity contribution < 1.29 is 14.3 Å². The molecule has 1 rings (SSSR count). The van der Waals surface area contributed by atoms with Crippen LogP contribution in [0, 0.1) is 24.7 Å². The molecule has 0 bridgehead atoms. The topological polar surface area (TPSA) is 35.5 Å². The van der Waals surface area contributed by atoms with Gasteiger partial charge < -0.3 is 9.47 Å². The lowest BCUT2D eigenvalue weighted by molar-refractivity contribution is 0.112. The molecule has 0 fully saturated rings. The van der Waals surface area contributed by atoms with E-state index in [4.69, 9.17) is 22.3 Å². The van der Waals surface area contributed by atoms with Crippen molar-refractivity contribution >= 4 is 6.29 Å². The average molecular weight is 214 g/mol. The van der Waals surface area contributed by atoms with E-state index in [-0.39, 0.29) is 13.2 Å². The molecule has 16 heavy (non-hydrogen) atoms. The standard InChI is InChI=1S/C13H10O3/c1-3-5-15-12-7-11(10-14)8-13(9-12)16-6-4-2/h1-2,7-10H,5-6H2. The van der Waals surface area contributed by atoms with Crippen molar-refractivity contribution in [3.8, 4) is 36.2 Å². The second-order valence-corrected chi connectivity index (χ2v) is 2.84. The molecule has 0 N–H and O–H groups in total. The summed E-state index contributed by atoms with van der Waals surface area (Å²) in [6, 6.07) is 4.78. The molecule has 0 unspecified atom stereocenters. The Morgan fingerprint density at radius 2 is 1.56 bits per heavy atom. The molecule has 1 aromatic carbocycles. The zero-order valence-corrected chi connectivity index (χ0v) is 8.60. The number of ether oxygens (including phenoxy) is 2. The van der Waals surface area contributed by atoms with E-state index in [2.05, 4.69) is 11.8 Å². The molecule has 80 valence electrons. The molecular formula is C13H10O3. The molecule has 0 amide bonds. The van der Waals surface area contributed by atoms with Crippen LogP contribution in [0.1, 0.15) is 10.4 Å². The zero-order chi connectivity index (χ0) is 11.8. The van der Waals surface area contributed by atoms with Crippen molar-refractivity contribution in [2.45, 2.75) is 0 Å². The minimum absolute atomic E-state index is 0.136. The molecule has 0 aliphatic rings. The van der Waals surface area contributed by atoms with Crippen molar-refractivity contribution in [2.24, 2.45) is 0 Å². The fourth-order valence-corrected chi connectivity index (χ4v) is 1.08. The van der Waals surface area contributed by atoms with Crippen LogP contribution in [-0.2, 0) is 0 Å². The third-order valence-electron chi connectivity index (χ3n) is 1.68. The lowest BCUT2D eigenvalue weighted by atomic mass is 10.2. The van der Waals surface area contributed by atoms with E-state index < -0.39 is 0 Å². The molecule has 1 aromatic rings. The predicted molar refractivity (Wildman–Crippen MR) is 60.5 cm³/mol. The third-order valence-corrected chi connectivity index (χ3v) is 1.68. The van der Waals surface area contributed by atoms with Crippen LogP contribution in [0.4, 0.5) is 0 Å². The molecule has 0 saturated carbocycles. The Kier molecular flexibility index (Phi) is 4.50. The van der Waals surface area contributed by atoms with Gasteiger partial charge in [-0.1, -0.05) is 11.8 Å². The van der Waals surface area contributed by atoms with Gasteiger partial charge in [0.05, 0.1) is 0 Å². The predicted octanol–water partition coefficient (Wildman–Crippen LogP) is 1.52. The summed E-state index contributed by atoms with van der Waals surface area (Å²) in [5.74, 6) is 5.63. The van der Waals surface area contributed by atoms with E-state index in [9.17, 15) is 4.79 Å². The molecule has 0 heterocycles. The minimum Gasteiger partial charge on any atom is -0.481 e. The lowest BCUT2D eigenvalue weighted by Gasteiger charge is -2.07. The van der Waals surface area contributed by atoms with Gasteiger partial charge in [-0.2, -0.15) is 0 Å². The number of rotatable bonds is 5. The Morgan fingerprint density at radius 1 is 1.06 bits per heavy atom. The van der Waals surface area contributed by atoms with Gasteiger partial charge in [0.2, 0.25) is 0 Å². The van der Waals surface area contributed by atoms with Gasteiger partial charge in [0.1, 0.15) is 31.0 Å². The van der Waals surface area contributed by atoms with Gasteiger partial charge in [-0.3, -0.25) is 4.79 Å². The Hall–Kier alpha value is -2.39. The van der Waals surface area contributed by atoms with E-state index in [1.807, 2.05) is 0 Å². The molecule has 0 aliphatic heterocycles. The number of carbonyl (C=O) groups excluding carboxylic acids is 1. The fraction of sp³-hybridized carbons (Fsp3) is 0.154. The molecule has 0 aliphatic carbocycles. The Labute approximate surface area is 94.4 Å². The summed E-state index contributed by atoms with van der Waals surface area (Å²) in [7, 11) is 0. The van der Waals surface area contributed by atoms with Crippen LogP contribution in [-0.4, -0.2) is 19.5 Å². The molecule has 3 nitrogen and oxygen atoms in total. The summed E-state index contributed by atoms with van der Waals surface area (Å²) in [5, 5.41) is 0. The van der Waals surface area contributed by atoms with Gasteiger partial charge in [0.25, 0.3) is 0 Å². The zero-order valence-electron chi connectivity index (χ0n) is 8.60. The monoisotopic (exact) mass is 214 g/mol. The van der Waals surface area contributed by atoms with Gasteiger partial charge in [0, 0.05) is 11.6 Å². The first-order valence-electron chi connectivity index (χ1n) is 4.53. The Balaban J connectivity index is 2.88. The molecule has 0 aromatic heterocycles. The number of terminal acetylenes is 2. The first-order valence-corrected chi connectivity index (χ1v) is 4.53. The van der Waals surface area contributed by atoms with E-state index in [1.54, 1.807) is 18.2 Å². The van der Waals surface area contributed by atoms with Gasteiger partial charge in [-0.05, 0) is 12.1 Å². The van der Waals surface area contributed by atoms with Crippen LogP contribution in [0.5, 0.6) is 11.5 Å². The van der Waals surface area contributed by atoms with Crippen LogP contribution in [0.15, 0.2) is 18.2 Å². The second-order valence-electron chi connectivity index (χ2n) is 2.84. The van der Waals surface area contributed by atoms with Gasteiger partial charge in [-0.25, -0.2) is 0 Å². The van der Waals surface area contributed by atoms with E-state index >= 15 is 0 Å². The summed E-state index contributed by atoms with van der Waals surface area (Å²) in [4.78, 5) is 10.7. The molecule has 0 spiro atoms. The maximum absolute atomic E-state index is 10.7. The van der Waals surface area contributed by atoms with Crippen LogP contribution in [0.3, 0.4) is 0 Å². The van der Waals surface area contributed by atoms with Gasteiger partial charge in [-0.15, -0.1) is 12.8 Å². The summed E-state index contributed by atoms with van der Waals surface area (Å²) in [6.45, 7) is 0.272. The molecule has 0 saturated heterocycles. The fourth-order valence-electron chi connectivity index (χ4n) is 1.08. The largest absolute Gasteiger partial charge is 0.481 e. The van der Waals surface area contributed by atoms with Crippen LogP contribution >= 0.6 is 0 Å². The van der Waals surface area contributed by atoms with E-state index in [1.165, 1.54) is 0 Å². The molecule has 0 atom stereocenters. The first kappa shape index (κ1) is 11.7. The highest BCUT2D eigenvalue weighted by atomic mass is 16.5. The SMILES string of the molecule is C#CCOc1cc(C=O)cc(OCC#C)c1. The van der Waals surface area contributed by atoms with Crippen molar-refractivity contribution in [1.82, 2.24) is 0 Å². The number of benzene rings is 1. The quantitative estimate of drug-likeness (QED) is 0.550. The number of hydrogen-bond donors (Lipinski definition) is 0. The second kappa shape index (κ2) is 6.16. The van der Waals surface area contributed by atoms with Gasteiger partial charge >= 0.3 is 0 Å². The van der Waals surface area contributed by atoms with E-state index in [0.717, 1.165) is 0 Å². The molecule has 0 radical (unpaired) electrons. The average Bonchev–Trinajstić information content (AvgIpc) is 2.33. The van der Waals surface area contributed by atoms with Crippen molar-refractivity contribution in [1.29, 1.82) is 0 Å². The smallest absolute Gasteiger partial charge is 0.150 e. The van der Waals surface area contributed by atoms with Gasteiger partial charge in [0.15, 0.2) is 0 Å². The van der Waals surface area contributed by atoms with Crippen LogP contribution in [0.25, 0.3) is 0 Å². The van der Waals surface area contributed by atoms with Crippen LogP contribution < -0.4 is 9.47 Å². The van der Waals surface area contributed by atoms with Crippen molar-refractivity contribution in [2.75, 3.05) is 13.2 Å². The summed E-state index contributed by atoms with van der Waals surface area (Å²) >= 11 is 0. The maximum atomic E-state index is 10.7. The summed E-state index contributed by atoms with van der Waals surface area (Å²) in [6.07, 6.45) is 10.8. The summed E-state index contributed by atoms with van der Waals surface area (Å²) in [5.41, 5.74) is 0.446. The minimum atomic E-state index is 0.136. The number of hydrogen-bond acceptors (Lipinski definition) is 3. The molecular weight excluding hydrogens is 204 g/mol. The molecule has 3 heteroatoms. The summed E-state index contributed by atoms with van der Waals surface area (Å²) < 4.78 is 10.4. The highest BCUT2D eigenvalue weighted by Crippen LogP contribution is 2.22. The normalized spacial score (nSPS) is 8.62. The highest BCUT2D eigenvalue weighted by molar-refractivity contribution is 5.76. The lowest BCUT2D eigenvalue weighted by Crippen LogP contribution is -1.98. The first-order chi connectivity index (χ1) is 7.80. The number of carbonyl (C=O) groups is 1. The van der Waals surface area contributed by atoms with Crippen molar-refractivity contribution in [3.63, 3.8) is 0 Å². The van der Waals surface area contributed by atoms with Crippen LogP contribution in [0.2, 0.25) is 0 Å². The Bertz CT molecular complexity index is 413. The number of aldehydes is 1. The van der Waals surface area contributed by atoms with E-state index in [0.29, 0.717) is 23.3 Å². The maximum Gasteiger partial charge on any atom is 0.150 e. The third kappa shape index (κ3) is 3.40. The van der Waals surface area contributed by atoms with Crippen molar-refractivity contribution in [3.05, 3.63) is 23.8 Å². The Morgan fingerprint density at radius 3 is 1.94 bits per heavy atom.